The molecule has 46 heavy (non-hydrogen) atoms. The van der Waals surface area contributed by atoms with Gasteiger partial charge in [0.1, 0.15) is 11.5 Å². The lowest BCUT2D eigenvalue weighted by molar-refractivity contribution is 0.0635. The van der Waals surface area contributed by atoms with Crippen LogP contribution in [0.25, 0.3) is 43.1 Å². The van der Waals surface area contributed by atoms with E-state index in [9.17, 15) is 19.2 Å². The SMILES string of the molecule is CCCCC(CC)COc1cc2c3c(ccc4c5ccc6c7c(cc(OCC(C)C)c(c1c34)c75)C(=O)N(C)C6=O)C(=O)N(C)C2=O. The van der Waals surface area contributed by atoms with Crippen molar-refractivity contribution in [3.63, 3.8) is 0 Å². The molecule has 2 aliphatic rings. The van der Waals surface area contributed by atoms with Crippen molar-refractivity contribution < 1.29 is 28.7 Å². The maximum atomic E-state index is 13.7. The first-order valence-corrected chi connectivity index (χ1v) is 16.3. The molecule has 4 amide bonds. The van der Waals surface area contributed by atoms with E-state index >= 15 is 0 Å². The summed E-state index contributed by atoms with van der Waals surface area (Å²) >= 11 is 0. The molecule has 7 rings (SSSR count). The number of carbonyl (C=O) groups excluding carboxylic acids is 4. The zero-order valence-corrected chi connectivity index (χ0v) is 27.2. The smallest absolute Gasteiger partial charge is 0.261 e. The number of rotatable bonds is 10. The summed E-state index contributed by atoms with van der Waals surface area (Å²) in [6, 6.07) is 10.9. The summed E-state index contributed by atoms with van der Waals surface area (Å²) in [6.07, 6.45) is 4.17. The molecule has 2 heterocycles. The Labute approximate surface area is 267 Å². The molecule has 0 fully saturated rings. The van der Waals surface area contributed by atoms with E-state index in [1.165, 1.54) is 14.1 Å². The molecule has 5 aromatic carbocycles. The average molecular weight is 619 g/mol. The quantitative estimate of drug-likeness (QED) is 0.0900. The molecule has 0 saturated heterocycles. The summed E-state index contributed by atoms with van der Waals surface area (Å²) in [6.45, 7) is 9.31. The lowest BCUT2D eigenvalue weighted by Gasteiger charge is -2.30. The lowest BCUT2D eigenvalue weighted by atomic mass is 9.81. The number of benzene rings is 5. The highest BCUT2D eigenvalue weighted by molar-refractivity contribution is 6.43. The maximum absolute atomic E-state index is 13.7. The molecule has 5 aromatic rings. The number of fused-ring (bicyclic) bond motifs is 2. The average Bonchev–Trinajstić information content (AvgIpc) is 3.06. The molecule has 0 bridgehead atoms. The van der Waals surface area contributed by atoms with Crippen LogP contribution in [-0.4, -0.2) is 60.7 Å². The number of imide groups is 2. The van der Waals surface area contributed by atoms with Crippen LogP contribution in [0.15, 0.2) is 36.4 Å². The first-order valence-electron chi connectivity index (χ1n) is 16.3. The molecule has 1 atom stereocenters. The van der Waals surface area contributed by atoms with Gasteiger partial charge in [0.15, 0.2) is 0 Å². The van der Waals surface area contributed by atoms with E-state index in [0.717, 1.165) is 62.4 Å². The second-order valence-corrected chi connectivity index (χ2v) is 13.2. The van der Waals surface area contributed by atoms with Crippen LogP contribution < -0.4 is 9.47 Å². The fourth-order valence-electron chi connectivity index (χ4n) is 7.22. The Hall–Kier alpha value is -4.72. The Morgan fingerprint density at radius 3 is 1.50 bits per heavy atom. The van der Waals surface area contributed by atoms with Crippen LogP contribution in [-0.2, 0) is 0 Å². The van der Waals surface area contributed by atoms with Crippen molar-refractivity contribution in [2.45, 2.75) is 53.4 Å². The summed E-state index contributed by atoms with van der Waals surface area (Å²) in [5.41, 5.74) is 1.72. The largest absolute Gasteiger partial charge is 0.493 e. The van der Waals surface area contributed by atoms with Gasteiger partial charge >= 0.3 is 0 Å². The highest BCUT2D eigenvalue weighted by Crippen LogP contribution is 2.52. The van der Waals surface area contributed by atoms with Crippen molar-refractivity contribution in [2.24, 2.45) is 11.8 Å². The summed E-state index contributed by atoms with van der Waals surface area (Å²) < 4.78 is 13.2. The Balaban J connectivity index is 1.67. The minimum atomic E-state index is -0.385. The molecule has 0 aliphatic carbocycles. The van der Waals surface area contributed by atoms with Gasteiger partial charge in [-0.2, -0.15) is 0 Å². The van der Waals surface area contributed by atoms with Crippen LogP contribution in [0.1, 0.15) is 94.8 Å². The number of nitrogens with zero attached hydrogens (tertiary/aromatic N) is 2. The molecular weight excluding hydrogens is 580 g/mol. The summed E-state index contributed by atoms with van der Waals surface area (Å²) in [5, 5.41) is 5.73. The third-order valence-corrected chi connectivity index (χ3v) is 9.76. The Morgan fingerprint density at radius 2 is 1.07 bits per heavy atom. The van der Waals surface area contributed by atoms with Crippen molar-refractivity contribution >= 4 is 66.7 Å². The molecular formula is C38H38N2O6. The maximum Gasteiger partial charge on any atom is 0.261 e. The van der Waals surface area contributed by atoms with Gasteiger partial charge in [-0.1, -0.05) is 59.1 Å². The molecule has 0 spiro atoms. The number of carbonyl (C=O) groups is 4. The van der Waals surface area contributed by atoms with Crippen LogP contribution in [0.5, 0.6) is 11.5 Å². The predicted molar refractivity (Wildman–Crippen MR) is 180 cm³/mol. The van der Waals surface area contributed by atoms with Crippen molar-refractivity contribution in [3.05, 3.63) is 58.7 Å². The second kappa shape index (κ2) is 11.0. The number of hydrogen-bond acceptors (Lipinski definition) is 6. The first kappa shape index (κ1) is 30.0. The molecule has 1 unspecified atom stereocenters. The van der Waals surface area contributed by atoms with E-state index in [4.69, 9.17) is 9.47 Å². The highest BCUT2D eigenvalue weighted by atomic mass is 16.5. The van der Waals surface area contributed by atoms with E-state index in [1.807, 2.05) is 12.1 Å². The molecule has 8 heteroatoms. The summed E-state index contributed by atoms with van der Waals surface area (Å²) in [5.74, 6) is 0.0670. The Bertz CT molecular complexity index is 2130. The molecule has 0 aromatic heterocycles. The zero-order chi connectivity index (χ0) is 32.6. The van der Waals surface area contributed by atoms with Gasteiger partial charge in [-0.3, -0.25) is 29.0 Å². The molecule has 0 N–H and O–H groups in total. The van der Waals surface area contributed by atoms with Gasteiger partial charge in [-0.05, 0) is 53.3 Å². The molecule has 0 saturated carbocycles. The molecule has 8 nitrogen and oxygen atoms in total. The fraction of sp³-hybridized carbons (Fsp3) is 0.368. The van der Waals surface area contributed by atoms with Gasteiger partial charge in [0.25, 0.3) is 23.6 Å². The van der Waals surface area contributed by atoms with Crippen LogP contribution in [0.4, 0.5) is 0 Å². The van der Waals surface area contributed by atoms with Crippen LogP contribution >= 0.6 is 0 Å². The fourth-order valence-corrected chi connectivity index (χ4v) is 7.22. The van der Waals surface area contributed by atoms with E-state index in [0.29, 0.717) is 69.0 Å². The van der Waals surface area contributed by atoms with E-state index in [-0.39, 0.29) is 29.5 Å². The second-order valence-electron chi connectivity index (χ2n) is 13.2. The zero-order valence-electron chi connectivity index (χ0n) is 27.2. The van der Waals surface area contributed by atoms with E-state index in [2.05, 4.69) is 27.7 Å². The standard InChI is InChI=1S/C38H38N2O6/c1-7-9-10-20(8-2)18-46-28-16-26-30-24(36(42)40(6)38(26)44)14-12-22-21-11-13-23-29-25(37(43)39(5)35(23)41)15-27(45-17-19(3)4)33(31(21)29)34(28)32(22)30/h11-16,19-20H,7-10,17-18H2,1-6H3. The van der Waals surface area contributed by atoms with Gasteiger partial charge in [0, 0.05) is 57.5 Å². The lowest BCUT2D eigenvalue weighted by Crippen LogP contribution is -2.37. The van der Waals surface area contributed by atoms with E-state index < -0.39 is 0 Å². The minimum absolute atomic E-state index is 0.200. The Morgan fingerprint density at radius 1 is 0.609 bits per heavy atom. The minimum Gasteiger partial charge on any atom is -0.493 e. The monoisotopic (exact) mass is 618 g/mol. The van der Waals surface area contributed by atoms with Gasteiger partial charge in [-0.15, -0.1) is 0 Å². The van der Waals surface area contributed by atoms with Gasteiger partial charge in [-0.25, -0.2) is 0 Å². The normalized spacial score (nSPS) is 15.5. The topological polar surface area (TPSA) is 93.2 Å². The number of unbranched alkanes of at least 4 members (excludes halogenated alkanes) is 1. The van der Waals surface area contributed by atoms with Crippen molar-refractivity contribution in [3.8, 4) is 11.5 Å². The van der Waals surface area contributed by atoms with E-state index in [1.54, 1.807) is 24.3 Å². The molecule has 2 aliphatic heterocycles. The third kappa shape index (κ3) is 4.18. The number of ether oxygens (including phenoxy) is 2. The van der Waals surface area contributed by atoms with Crippen LogP contribution in [0.2, 0.25) is 0 Å². The number of hydrogen-bond donors (Lipinski definition) is 0. The van der Waals surface area contributed by atoms with Crippen LogP contribution in [0, 0.1) is 11.8 Å². The Kier molecular flexibility index (Phi) is 7.14. The summed E-state index contributed by atoms with van der Waals surface area (Å²) in [7, 11) is 3.00. The summed E-state index contributed by atoms with van der Waals surface area (Å²) in [4.78, 5) is 56.5. The van der Waals surface area contributed by atoms with Gasteiger partial charge in [0.2, 0.25) is 0 Å². The third-order valence-electron chi connectivity index (χ3n) is 9.76. The van der Waals surface area contributed by atoms with Crippen molar-refractivity contribution in [2.75, 3.05) is 27.3 Å². The number of amides is 4. The predicted octanol–water partition coefficient (Wildman–Crippen LogP) is 7.82. The molecule has 236 valence electrons. The highest BCUT2D eigenvalue weighted by Gasteiger charge is 2.37. The van der Waals surface area contributed by atoms with Gasteiger partial charge in [0.05, 0.1) is 24.3 Å². The van der Waals surface area contributed by atoms with Crippen LogP contribution in [0.3, 0.4) is 0 Å². The van der Waals surface area contributed by atoms with Gasteiger partial charge < -0.3 is 9.47 Å². The molecule has 0 radical (unpaired) electrons. The van der Waals surface area contributed by atoms with Crippen molar-refractivity contribution in [1.29, 1.82) is 0 Å². The first-order chi connectivity index (χ1) is 22.1. The van der Waals surface area contributed by atoms with Crippen molar-refractivity contribution in [1.82, 2.24) is 9.80 Å².